The van der Waals surface area contributed by atoms with Crippen molar-refractivity contribution >= 4 is 46.3 Å². The van der Waals surface area contributed by atoms with Gasteiger partial charge in [0.25, 0.3) is 5.91 Å². The van der Waals surface area contributed by atoms with Gasteiger partial charge in [0.2, 0.25) is 5.95 Å². The van der Waals surface area contributed by atoms with Crippen LogP contribution in [0.5, 0.6) is 0 Å². The maximum atomic E-state index is 12.6. The second-order valence-electron chi connectivity index (χ2n) is 7.54. The van der Waals surface area contributed by atoms with E-state index in [0.717, 1.165) is 29.8 Å². The number of hydrogen-bond donors (Lipinski definition) is 3. The largest absolute Gasteiger partial charge is 0.361 e. The SMILES string of the molecule is Cc1cc(C(=O)Nc2cc3cc(c2)Nc2nc(ncc2Cl)Nc2cccc(c2)CC3)no1. The Morgan fingerprint density at radius 3 is 2.75 bits per heavy atom. The summed E-state index contributed by atoms with van der Waals surface area (Å²) in [5.41, 5.74) is 4.71. The first-order valence-electron chi connectivity index (χ1n) is 10.1. The van der Waals surface area contributed by atoms with E-state index < -0.39 is 0 Å². The summed E-state index contributed by atoms with van der Waals surface area (Å²) in [5, 5.41) is 13.5. The molecule has 0 radical (unpaired) electrons. The van der Waals surface area contributed by atoms with Gasteiger partial charge in [-0.05, 0) is 61.2 Å². The van der Waals surface area contributed by atoms with E-state index in [0.29, 0.717) is 28.2 Å². The fraction of sp³-hybridized carbons (Fsp3) is 0.130. The van der Waals surface area contributed by atoms with E-state index in [-0.39, 0.29) is 11.6 Å². The predicted molar refractivity (Wildman–Crippen MR) is 123 cm³/mol. The molecule has 8 nitrogen and oxygen atoms in total. The molecule has 0 aliphatic carbocycles. The topological polar surface area (TPSA) is 105 Å². The molecular formula is C23H19ClN6O2. The quantitative estimate of drug-likeness (QED) is 0.385. The Kier molecular flexibility index (Phi) is 5.20. The van der Waals surface area contributed by atoms with Gasteiger partial charge in [0.05, 0.1) is 6.20 Å². The molecule has 160 valence electrons. The number of aryl methyl sites for hydroxylation is 3. The highest BCUT2D eigenvalue weighted by Crippen LogP contribution is 2.29. The number of halogens is 1. The Morgan fingerprint density at radius 2 is 1.91 bits per heavy atom. The number of nitrogens with zero attached hydrogens (tertiary/aromatic N) is 3. The van der Waals surface area contributed by atoms with Crippen molar-refractivity contribution < 1.29 is 9.32 Å². The monoisotopic (exact) mass is 446 g/mol. The average molecular weight is 447 g/mol. The molecule has 2 aromatic heterocycles. The molecule has 9 heteroatoms. The van der Waals surface area contributed by atoms with Crippen molar-refractivity contribution in [3.05, 3.63) is 82.3 Å². The van der Waals surface area contributed by atoms with E-state index in [1.54, 1.807) is 19.2 Å². The summed E-state index contributed by atoms with van der Waals surface area (Å²) in [5.74, 6) is 1.12. The lowest BCUT2D eigenvalue weighted by atomic mass is 10.0. The second kappa shape index (κ2) is 8.32. The summed E-state index contributed by atoms with van der Waals surface area (Å²) in [4.78, 5) is 21.4. The minimum absolute atomic E-state index is 0.222. The van der Waals surface area contributed by atoms with Gasteiger partial charge in [0.15, 0.2) is 11.5 Å². The lowest BCUT2D eigenvalue weighted by Gasteiger charge is -2.13. The number of anilines is 5. The standard InChI is InChI=1S/C23H19ClN6O2/c1-13-7-20(30-32-13)22(31)27-18-10-15-6-5-14-3-2-4-16(8-14)28-23-25-12-19(24)21(29-23)26-17(9-15)11-18/h2-4,7-12H,5-6H2,1H3,(H,27,31)(H2,25,26,28,29). The molecule has 0 unspecified atom stereocenters. The number of amides is 1. The van der Waals surface area contributed by atoms with Gasteiger partial charge in [0.1, 0.15) is 10.8 Å². The summed E-state index contributed by atoms with van der Waals surface area (Å²) in [6.07, 6.45) is 3.15. The number of carbonyl (C=O) groups is 1. The summed E-state index contributed by atoms with van der Waals surface area (Å²) >= 11 is 6.34. The number of nitrogens with one attached hydrogen (secondary N) is 3. The van der Waals surface area contributed by atoms with Crippen LogP contribution in [0, 0.1) is 6.92 Å². The van der Waals surface area contributed by atoms with Crippen molar-refractivity contribution in [1.82, 2.24) is 15.1 Å². The molecule has 0 saturated heterocycles. The Bertz CT molecular complexity index is 1320. The van der Waals surface area contributed by atoms with Gasteiger partial charge in [0, 0.05) is 23.1 Å². The van der Waals surface area contributed by atoms with E-state index in [1.165, 1.54) is 5.56 Å². The predicted octanol–water partition coefficient (Wildman–Crippen LogP) is 5.26. The zero-order chi connectivity index (χ0) is 22.1. The van der Waals surface area contributed by atoms with Gasteiger partial charge < -0.3 is 20.5 Å². The summed E-state index contributed by atoms with van der Waals surface area (Å²) in [7, 11) is 0. The molecule has 5 rings (SSSR count). The van der Waals surface area contributed by atoms with Crippen LogP contribution in [0.1, 0.15) is 27.4 Å². The van der Waals surface area contributed by atoms with Gasteiger partial charge >= 0.3 is 0 Å². The number of fused-ring (bicyclic) bond motifs is 6. The highest BCUT2D eigenvalue weighted by atomic mass is 35.5. The normalized spacial score (nSPS) is 12.4. The van der Waals surface area contributed by atoms with Crippen LogP contribution in [-0.4, -0.2) is 21.0 Å². The third-order valence-electron chi connectivity index (χ3n) is 5.00. The molecule has 0 fully saturated rings. The zero-order valence-electron chi connectivity index (χ0n) is 17.1. The van der Waals surface area contributed by atoms with Gasteiger partial charge in [-0.25, -0.2) is 4.98 Å². The van der Waals surface area contributed by atoms with Gasteiger partial charge in [-0.3, -0.25) is 4.79 Å². The maximum Gasteiger partial charge on any atom is 0.277 e. The Hall–Kier alpha value is -3.91. The lowest BCUT2D eigenvalue weighted by molar-refractivity contribution is 0.101. The molecule has 1 aliphatic rings. The first-order chi connectivity index (χ1) is 15.5. The molecular weight excluding hydrogens is 428 g/mol. The molecule has 1 aliphatic heterocycles. The van der Waals surface area contributed by atoms with Crippen LogP contribution in [-0.2, 0) is 12.8 Å². The molecule has 6 bridgehead atoms. The summed E-state index contributed by atoms with van der Waals surface area (Å²) in [6, 6.07) is 15.5. The minimum Gasteiger partial charge on any atom is -0.361 e. The minimum atomic E-state index is -0.345. The molecule has 1 amide bonds. The molecule has 0 spiro atoms. The van der Waals surface area contributed by atoms with Crippen LogP contribution in [0.3, 0.4) is 0 Å². The molecule has 3 heterocycles. The third-order valence-corrected chi connectivity index (χ3v) is 5.28. The van der Waals surface area contributed by atoms with Crippen molar-refractivity contribution in [2.45, 2.75) is 19.8 Å². The Labute approximate surface area is 189 Å². The van der Waals surface area contributed by atoms with Crippen LogP contribution in [0.2, 0.25) is 5.02 Å². The molecule has 3 N–H and O–H groups in total. The van der Waals surface area contributed by atoms with E-state index in [9.17, 15) is 4.79 Å². The molecule has 0 atom stereocenters. The first kappa shape index (κ1) is 20.0. The fourth-order valence-corrected chi connectivity index (χ4v) is 3.66. The number of hydrogen-bond acceptors (Lipinski definition) is 7. The van der Waals surface area contributed by atoms with Gasteiger partial charge in [-0.1, -0.05) is 28.9 Å². The third kappa shape index (κ3) is 4.40. The van der Waals surface area contributed by atoms with Crippen LogP contribution >= 0.6 is 11.6 Å². The summed E-state index contributed by atoms with van der Waals surface area (Å²) in [6.45, 7) is 1.74. The van der Waals surface area contributed by atoms with E-state index in [1.807, 2.05) is 30.3 Å². The average Bonchev–Trinajstić information content (AvgIpc) is 3.21. The number of aromatic nitrogens is 3. The summed E-state index contributed by atoms with van der Waals surface area (Å²) < 4.78 is 5.01. The first-order valence-corrected chi connectivity index (χ1v) is 10.4. The van der Waals surface area contributed by atoms with E-state index >= 15 is 0 Å². The highest BCUT2D eigenvalue weighted by Gasteiger charge is 2.14. The molecule has 0 saturated carbocycles. The van der Waals surface area contributed by atoms with Gasteiger partial charge in [-0.2, -0.15) is 4.98 Å². The number of rotatable bonds is 2. The Balaban J connectivity index is 1.53. The van der Waals surface area contributed by atoms with Crippen LogP contribution < -0.4 is 16.0 Å². The van der Waals surface area contributed by atoms with Gasteiger partial charge in [-0.15, -0.1) is 0 Å². The van der Waals surface area contributed by atoms with Crippen molar-refractivity contribution in [3.8, 4) is 0 Å². The zero-order valence-corrected chi connectivity index (χ0v) is 17.9. The van der Waals surface area contributed by atoms with Crippen molar-refractivity contribution in [2.24, 2.45) is 0 Å². The van der Waals surface area contributed by atoms with E-state index in [2.05, 4.69) is 43.2 Å². The smallest absolute Gasteiger partial charge is 0.277 e. The number of benzene rings is 2. The second-order valence-corrected chi connectivity index (χ2v) is 7.94. The van der Waals surface area contributed by atoms with Crippen molar-refractivity contribution in [3.63, 3.8) is 0 Å². The van der Waals surface area contributed by atoms with Crippen molar-refractivity contribution in [2.75, 3.05) is 16.0 Å². The fourth-order valence-electron chi connectivity index (χ4n) is 3.52. The molecule has 32 heavy (non-hydrogen) atoms. The van der Waals surface area contributed by atoms with Crippen molar-refractivity contribution in [1.29, 1.82) is 0 Å². The van der Waals surface area contributed by atoms with Crippen LogP contribution in [0.15, 0.2) is 59.3 Å². The highest BCUT2D eigenvalue weighted by molar-refractivity contribution is 6.32. The van der Waals surface area contributed by atoms with Crippen LogP contribution in [0.25, 0.3) is 0 Å². The number of carbonyl (C=O) groups excluding carboxylic acids is 1. The maximum absolute atomic E-state index is 12.6. The van der Waals surface area contributed by atoms with Crippen LogP contribution in [0.4, 0.5) is 28.8 Å². The van der Waals surface area contributed by atoms with E-state index in [4.69, 9.17) is 16.1 Å². The molecule has 4 aromatic rings. The molecule has 2 aromatic carbocycles. The lowest BCUT2D eigenvalue weighted by Crippen LogP contribution is -2.12. The Morgan fingerprint density at radius 1 is 1.06 bits per heavy atom.